The zero-order valence-corrected chi connectivity index (χ0v) is 30.2. The molecule has 4 atom stereocenters. The monoisotopic (exact) mass is 680 g/mol. The van der Waals surface area contributed by atoms with Gasteiger partial charge in [0.05, 0.1) is 30.7 Å². The molecule has 0 saturated heterocycles. The number of amides is 2. The van der Waals surface area contributed by atoms with E-state index in [0.717, 1.165) is 19.5 Å². The summed E-state index contributed by atoms with van der Waals surface area (Å²) in [4.78, 5) is 83.5. The van der Waals surface area contributed by atoms with Crippen molar-refractivity contribution in [1.82, 2.24) is 15.5 Å². The van der Waals surface area contributed by atoms with Gasteiger partial charge in [0, 0.05) is 62.6 Å². The first-order valence-corrected chi connectivity index (χ1v) is 16.3. The minimum absolute atomic E-state index is 0.00148. The Labute approximate surface area is 287 Å². The Balaban J connectivity index is 1.94. The van der Waals surface area contributed by atoms with Crippen molar-refractivity contribution in [2.75, 3.05) is 46.7 Å². The molecule has 4 rings (SSSR count). The van der Waals surface area contributed by atoms with Crippen molar-refractivity contribution in [2.45, 2.75) is 72.4 Å². The van der Waals surface area contributed by atoms with Crippen LogP contribution < -0.4 is 20.3 Å². The number of nitrogens with zero attached hydrogens (tertiary/aromatic N) is 2. The van der Waals surface area contributed by atoms with Crippen molar-refractivity contribution in [2.24, 2.45) is 17.3 Å². The number of hydrogen-bond donors (Lipinski definition) is 3. The molecule has 1 fully saturated rings. The van der Waals surface area contributed by atoms with Crippen LogP contribution in [0.1, 0.15) is 64.7 Å². The minimum Gasteiger partial charge on any atom is -0.507 e. The van der Waals surface area contributed by atoms with Gasteiger partial charge >= 0.3 is 5.97 Å². The predicted octanol–water partition coefficient (Wildman–Crippen LogP) is 2.29. The minimum atomic E-state index is -1.87. The summed E-state index contributed by atoms with van der Waals surface area (Å²) < 4.78 is 11.4. The second-order valence-corrected chi connectivity index (χ2v) is 14.8. The molecule has 0 radical (unpaired) electrons. The molecule has 13 heteroatoms. The van der Waals surface area contributed by atoms with E-state index < -0.39 is 58.2 Å². The third kappa shape index (κ3) is 6.78. The molecule has 1 aromatic rings. The van der Waals surface area contributed by atoms with Crippen molar-refractivity contribution in [3.8, 4) is 5.75 Å². The third-order valence-electron chi connectivity index (χ3n) is 9.60. The topological polar surface area (TPSA) is 172 Å². The van der Waals surface area contributed by atoms with Gasteiger partial charge in [-0.1, -0.05) is 0 Å². The van der Waals surface area contributed by atoms with Gasteiger partial charge < -0.3 is 24.8 Å². The van der Waals surface area contributed by atoms with Crippen LogP contribution in [0.4, 0.5) is 5.69 Å². The van der Waals surface area contributed by atoms with Crippen LogP contribution in [-0.2, 0) is 46.3 Å². The first-order valence-electron chi connectivity index (χ1n) is 16.3. The number of ether oxygens (including phenoxy) is 2. The van der Waals surface area contributed by atoms with Crippen LogP contribution in [0.3, 0.4) is 0 Å². The van der Waals surface area contributed by atoms with E-state index in [1.807, 2.05) is 45.8 Å². The lowest BCUT2D eigenvalue weighted by molar-refractivity contribution is -0.149. The largest absolute Gasteiger partial charge is 0.507 e. The summed E-state index contributed by atoms with van der Waals surface area (Å²) in [6, 6.07) is 0.986. The van der Waals surface area contributed by atoms with Gasteiger partial charge in [-0.2, -0.15) is 0 Å². The number of nitrogens with one attached hydrogen (secondary N) is 2. The Morgan fingerprint density at radius 2 is 1.69 bits per heavy atom. The van der Waals surface area contributed by atoms with Gasteiger partial charge in [0.1, 0.15) is 22.8 Å². The fourth-order valence-corrected chi connectivity index (χ4v) is 7.48. The van der Waals surface area contributed by atoms with Crippen LogP contribution >= 0.6 is 0 Å². The van der Waals surface area contributed by atoms with Crippen molar-refractivity contribution < 1.29 is 43.3 Å². The molecule has 1 saturated carbocycles. The SMILES string of the molecule is COc1c(CC(=O)CNC(C)(C)C)cc(N(C)C)c2c1C(O)=C1C(=O)[C@]3(C)C(=O)C(C(=O)NC(C)=O)=C(OC(C)=O)[C@@H](N(C)C)[C@@H]3C[C@@H]1C2. The molecule has 266 valence electrons. The number of ketones is 3. The van der Waals surface area contributed by atoms with E-state index in [4.69, 9.17) is 9.47 Å². The number of anilines is 1. The third-order valence-corrected chi connectivity index (χ3v) is 9.60. The lowest BCUT2D eigenvalue weighted by Crippen LogP contribution is -2.62. The first-order chi connectivity index (χ1) is 22.6. The lowest BCUT2D eigenvalue weighted by Gasteiger charge is -2.52. The molecule has 3 aliphatic rings. The zero-order valence-electron chi connectivity index (χ0n) is 30.2. The zero-order chi connectivity index (χ0) is 36.9. The summed E-state index contributed by atoms with van der Waals surface area (Å²) in [5.41, 5.74) is -0.454. The van der Waals surface area contributed by atoms with Crippen molar-refractivity contribution in [3.63, 3.8) is 0 Å². The van der Waals surface area contributed by atoms with Gasteiger partial charge in [0.2, 0.25) is 5.91 Å². The van der Waals surface area contributed by atoms with E-state index in [1.165, 1.54) is 14.0 Å². The van der Waals surface area contributed by atoms with Gasteiger partial charge in [0.15, 0.2) is 17.3 Å². The molecule has 0 bridgehead atoms. The molecule has 0 spiro atoms. The number of esters is 1. The van der Waals surface area contributed by atoms with Crippen molar-refractivity contribution in [3.05, 3.63) is 39.7 Å². The molecule has 2 amide bonds. The molecule has 13 nitrogen and oxygen atoms in total. The summed E-state index contributed by atoms with van der Waals surface area (Å²) in [5, 5.41) is 17.4. The number of likely N-dealkylation sites (N-methyl/N-ethyl adjacent to an activating group) is 1. The standard InChI is InChI=1S/C36H48N4O9/c1-17(41)38-34(47)27-31(49-18(2)42)28(40(9)10)23-14-19-13-22-24(39(7)8)15-20(12-21(43)16-37-35(3,4)5)30(48-11)26(22)29(44)25(19)32(45)36(23,6)33(27)46/h15,19,23,28,37,44H,12-14,16H2,1-11H3,(H,38,41,47)/t19-,23-,28-,36+/m0/s1. The average Bonchev–Trinajstić information content (AvgIpc) is 2.96. The van der Waals surface area contributed by atoms with E-state index in [1.54, 1.807) is 19.0 Å². The fourth-order valence-electron chi connectivity index (χ4n) is 7.48. The number of hydrogen-bond acceptors (Lipinski definition) is 12. The highest BCUT2D eigenvalue weighted by Gasteiger charge is 2.63. The number of fused-ring (bicyclic) bond motifs is 3. The lowest BCUT2D eigenvalue weighted by atomic mass is 9.52. The number of benzene rings is 1. The highest BCUT2D eigenvalue weighted by Crippen LogP contribution is 2.57. The van der Waals surface area contributed by atoms with Crippen LogP contribution in [0.2, 0.25) is 0 Å². The van der Waals surface area contributed by atoms with E-state index in [9.17, 15) is 33.9 Å². The van der Waals surface area contributed by atoms with Gasteiger partial charge in [-0.15, -0.1) is 0 Å². The van der Waals surface area contributed by atoms with E-state index in [-0.39, 0.29) is 59.1 Å². The van der Waals surface area contributed by atoms with Gasteiger partial charge in [-0.25, -0.2) is 0 Å². The number of aliphatic hydroxyl groups is 1. The number of rotatable bonds is 9. The summed E-state index contributed by atoms with van der Waals surface area (Å²) in [5.74, 6) is -5.93. The molecule has 0 aromatic heterocycles. The number of carbonyl (C=O) groups excluding carboxylic acids is 6. The van der Waals surface area contributed by atoms with Gasteiger partial charge in [0.25, 0.3) is 5.91 Å². The van der Waals surface area contributed by atoms with Crippen molar-refractivity contribution >= 4 is 46.6 Å². The highest BCUT2D eigenvalue weighted by atomic mass is 16.5. The fraction of sp³-hybridized carbons (Fsp3) is 0.556. The van der Waals surface area contributed by atoms with Crippen LogP contribution in [0, 0.1) is 17.3 Å². The maximum Gasteiger partial charge on any atom is 0.307 e. The Morgan fingerprint density at radius 3 is 2.20 bits per heavy atom. The number of allylic oxidation sites excluding steroid dienone is 1. The molecule has 3 aliphatic carbocycles. The van der Waals surface area contributed by atoms with Crippen molar-refractivity contribution in [1.29, 1.82) is 0 Å². The number of imide groups is 1. The maximum atomic E-state index is 14.8. The van der Waals surface area contributed by atoms with Gasteiger partial charge in [-0.05, 0) is 72.2 Å². The van der Waals surface area contributed by atoms with Crippen LogP contribution in [-0.4, -0.2) is 98.6 Å². The first kappa shape index (κ1) is 37.5. The van der Waals surface area contributed by atoms with Crippen LogP contribution in [0.25, 0.3) is 5.76 Å². The van der Waals surface area contributed by atoms with E-state index >= 15 is 0 Å². The number of Topliss-reactive ketones (excluding diaryl/α,β-unsaturated/α-hetero) is 3. The summed E-state index contributed by atoms with van der Waals surface area (Å²) in [6.07, 6.45) is 0.521. The number of aliphatic hydroxyl groups excluding tert-OH is 1. The molecular weight excluding hydrogens is 632 g/mol. The number of methoxy groups -OCH3 is 1. The molecule has 1 aromatic carbocycles. The quantitative estimate of drug-likeness (QED) is 0.198. The van der Waals surface area contributed by atoms with Gasteiger partial charge in [-0.3, -0.25) is 39.0 Å². The summed E-state index contributed by atoms with van der Waals surface area (Å²) >= 11 is 0. The maximum absolute atomic E-state index is 14.8. The molecule has 0 heterocycles. The second-order valence-electron chi connectivity index (χ2n) is 14.8. The number of carbonyl (C=O) groups is 6. The summed E-state index contributed by atoms with van der Waals surface area (Å²) in [7, 11) is 8.50. The summed E-state index contributed by atoms with van der Waals surface area (Å²) in [6.45, 7) is 9.67. The molecule has 0 unspecified atom stereocenters. The molecule has 0 aliphatic heterocycles. The molecule has 49 heavy (non-hydrogen) atoms. The second kappa shape index (κ2) is 13.5. The normalized spacial score (nSPS) is 23.5. The smallest absolute Gasteiger partial charge is 0.307 e. The van der Waals surface area contributed by atoms with Crippen LogP contribution in [0.15, 0.2) is 23.0 Å². The predicted molar refractivity (Wildman–Crippen MR) is 182 cm³/mol. The Bertz CT molecular complexity index is 1700. The van der Waals surface area contributed by atoms with Crippen LogP contribution in [0.5, 0.6) is 5.75 Å². The molecule has 3 N–H and O–H groups in total. The Hall–Kier alpha value is -4.36. The molecular formula is C36H48N4O9. The van der Waals surface area contributed by atoms with E-state index in [2.05, 4.69) is 10.6 Å². The van der Waals surface area contributed by atoms with E-state index in [0.29, 0.717) is 17.5 Å². The highest BCUT2D eigenvalue weighted by molar-refractivity contribution is 6.32. The Morgan fingerprint density at radius 1 is 1.06 bits per heavy atom. The average molecular weight is 681 g/mol. The Kier molecular flexibility index (Phi) is 10.3.